The number of nitrogens with one attached hydrogen (secondary N) is 2. The zero-order chi connectivity index (χ0) is 22.5. The van der Waals surface area contributed by atoms with Gasteiger partial charge in [-0.25, -0.2) is 8.78 Å². The van der Waals surface area contributed by atoms with Crippen LogP contribution < -0.4 is 15.4 Å². The van der Waals surface area contributed by atoms with Crippen LogP contribution in [0.5, 0.6) is 5.75 Å². The number of benzene rings is 2. The standard InChI is InChI=1S/C24H21F2N3O3/c25-19-8-5-15(11-20(19)26)14-28-24(31)18-3-1-9-27-21(18)4-2-10-32-17-7-6-16-12-23(30)29-22(16)13-17/h1,3,5-9,11,13H,2,4,10,12,14H2,(H,28,31)(H,29,30). The number of ether oxygens (including phenoxy) is 1. The minimum atomic E-state index is -0.954. The smallest absolute Gasteiger partial charge is 0.253 e. The van der Waals surface area contributed by atoms with Gasteiger partial charge < -0.3 is 15.4 Å². The summed E-state index contributed by atoms with van der Waals surface area (Å²) in [5.74, 6) is -1.58. The first-order chi connectivity index (χ1) is 15.5. The normalized spacial score (nSPS) is 12.2. The fourth-order valence-electron chi connectivity index (χ4n) is 3.48. The van der Waals surface area contributed by atoms with Crippen molar-refractivity contribution in [2.24, 2.45) is 0 Å². The third-order valence-corrected chi connectivity index (χ3v) is 5.11. The zero-order valence-corrected chi connectivity index (χ0v) is 17.2. The van der Waals surface area contributed by atoms with E-state index in [1.54, 1.807) is 24.4 Å². The Morgan fingerprint density at radius 2 is 2.00 bits per heavy atom. The molecule has 0 saturated heterocycles. The molecule has 2 aromatic carbocycles. The molecule has 2 heterocycles. The molecule has 0 spiro atoms. The highest BCUT2D eigenvalue weighted by Crippen LogP contribution is 2.27. The molecule has 0 fully saturated rings. The highest BCUT2D eigenvalue weighted by Gasteiger charge is 2.18. The van der Waals surface area contributed by atoms with Crippen molar-refractivity contribution in [3.05, 3.63) is 88.7 Å². The van der Waals surface area contributed by atoms with Crippen molar-refractivity contribution < 1.29 is 23.1 Å². The lowest BCUT2D eigenvalue weighted by atomic mass is 10.1. The van der Waals surface area contributed by atoms with Crippen LogP contribution in [0.2, 0.25) is 0 Å². The van der Waals surface area contributed by atoms with E-state index in [1.165, 1.54) is 6.07 Å². The van der Waals surface area contributed by atoms with E-state index in [9.17, 15) is 18.4 Å². The number of fused-ring (bicyclic) bond motifs is 1. The van der Waals surface area contributed by atoms with Gasteiger partial charge in [0.25, 0.3) is 5.91 Å². The Balaban J connectivity index is 1.30. The topological polar surface area (TPSA) is 80.3 Å². The van der Waals surface area contributed by atoms with Crippen molar-refractivity contribution in [1.82, 2.24) is 10.3 Å². The molecule has 2 amide bonds. The number of hydrogen-bond acceptors (Lipinski definition) is 4. The summed E-state index contributed by atoms with van der Waals surface area (Å²) in [7, 11) is 0. The number of aryl methyl sites for hydroxylation is 1. The van der Waals surface area contributed by atoms with Gasteiger partial charge in [-0.15, -0.1) is 0 Å². The highest BCUT2D eigenvalue weighted by molar-refractivity contribution is 5.99. The number of amides is 2. The van der Waals surface area contributed by atoms with E-state index >= 15 is 0 Å². The predicted octanol–water partition coefficient (Wildman–Crippen LogP) is 3.80. The van der Waals surface area contributed by atoms with E-state index in [4.69, 9.17) is 4.74 Å². The maximum absolute atomic E-state index is 13.3. The molecular formula is C24H21F2N3O3. The molecule has 0 bridgehead atoms. The van der Waals surface area contributed by atoms with Gasteiger partial charge in [-0.3, -0.25) is 14.6 Å². The van der Waals surface area contributed by atoms with Crippen LogP contribution in [0.3, 0.4) is 0 Å². The first-order valence-electron chi connectivity index (χ1n) is 10.2. The minimum absolute atomic E-state index is 0.0253. The molecule has 0 atom stereocenters. The molecule has 0 radical (unpaired) electrons. The second-order valence-corrected chi connectivity index (χ2v) is 7.42. The van der Waals surface area contributed by atoms with E-state index in [0.29, 0.717) is 48.4 Å². The molecule has 4 rings (SSSR count). The second-order valence-electron chi connectivity index (χ2n) is 7.42. The van der Waals surface area contributed by atoms with E-state index in [1.807, 2.05) is 12.1 Å². The number of carbonyl (C=O) groups is 2. The average Bonchev–Trinajstić information content (AvgIpc) is 3.17. The number of pyridine rings is 1. The molecule has 1 aliphatic rings. The van der Waals surface area contributed by atoms with Crippen LogP contribution in [0.15, 0.2) is 54.7 Å². The predicted molar refractivity (Wildman–Crippen MR) is 114 cm³/mol. The number of anilines is 1. The van der Waals surface area contributed by atoms with Gasteiger partial charge in [0.1, 0.15) is 5.75 Å². The number of nitrogens with zero attached hydrogens (tertiary/aromatic N) is 1. The quantitative estimate of drug-likeness (QED) is 0.526. The SMILES string of the molecule is O=C1Cc2ccc(OCCCc3ncccc3C(=O)NCc3ccc(F)c(F)c3)cc2N1. The molecule has 6 nitrogen and oxygen atoms in total. The van der Waals surface area contributed by atoms with Crippen LogP contribution in [0.1, 0.15) is 33.6 Å². The Morgan fingerprint density at radius 1 is 1.12 bits per heavy atom. The maximum Gasteiger partial charge on any atom is 0.253 e. The van der Waals surface area contributed by atoms with E-state index in [0.717, 1.165) is 23.4 Å². The average molecular weight is 437 g/mol. The van der Waals surface area contributed by atoms with Gasteiger partial charge in [-0.05, 0) is 54.3 Å². The van der Waals surface area contributed by atoms with Gasteiger partial charge in [0, 0.05) is 24.5 Å². The van der Waals surface area contributed by atoms with Crippen molar-refractivity contribution in [2.45, 2.75) is 25.8 Å². The fraction of sp³-hybridized carbons (Fsp3) is 0.208. The Labute approximate surface area is 183 Å². The van der Waals surface area contributed by atoms with Gasteiger partial charge in [-0.2, -0.15) is 0 Å². The van der Waals surface area contributed by atoms with E-state index in [2.05, 4.69) is 15.6 Å². The molecule has 2 N–H and O–H groups in total. The second kappa shape index (κ2) is 9.55. The Hall–Kier alpha value is -3.81. The summed E-state index contributed by atoms with van der Waals surface area (Å²) in [5.41, 5.74) is 3.24. The first kappa shape index (κ1) is 21.4. The number of halogens is 2. The molecule has 1 aliphatic heterocycles. The number of carbonyl (C=O) groups excluding carboxylic acids is 2. The van der Waals surface area contributed by atoms with Crippen molar-refractivity contribution >= 4 is 17.5 Å². The van der Waals surface area contributed by atoms with Crippen LogP contribution >= 0.6 is 0 Å². The largest absolute Gasteiger partial charge is 0.494 e. The van der Waals surface area contributed by atoms with Crippen LogP contribution in [0.25, 0.3) is 0 Å². The van der Waals surface area contributed by atoms with Crippen molar-refractivity contribution in [1.29, 1.82) is 0 Å². The lowest BCUT2D eigenvalue weighted by molar-refractivity contribution is -0.115. The molecule has 1 aromatic heterocycles. The number of aromatic nitrogens is 1. The van der Waals surface area contributed by atoms with Crippen LogP contribution in [-0.2, 0) is 24.2 Å². The monoisotopic (exact) mass is 437 g/mol. The fourth-order valence-corrected chi connectivity index (χ4v) is 3.48. The van der Waals surface area contributed by atoms with Crippen LogP contribution in [0.4, 0.5) is 14.5 Å². The Bertz CT molecular complexity index is 1170. The molecule has 0 aliphatic carbocycles. The molecular weight excluding hydrogens is 416 g/mol. The summed E-state index contributed by atoms with van der Waals surface area (Å²) in [5, 5.41) is 5.50. The maximum atomic E-state index is 13.3. The summed E-state index contributed by atoms with van der Waals surface area (Å²) < 4.78 is 32.2. The Kier molecular flexibility index (Phi) is 6.39. The summed E-state index contributed by atoms with van der Waals surface area (Å²) >= 11 is 0. The van der Waals surface area contributed by atoms with Gasteiger partial charge in [0.2, 0.25) is 5.91 Å². The molecule has 3 aromatic rings. The van der Waals surface area contributed by atoms with E-state index < -0.39 is 11.6 Å². The van der Waals surface area contributed by atoms with Crippen molar-refractivity contribution in [2.75, 3.05) is 11.9 Å². The third-order valence-electron chi connectivity index (χ3n) is 5.11. The zero-order valence-electron chi connectivity index (χ0n) is 17.2. The molecule has 32 heavy (non-hydrogen) atoms. The van der Waals surface area contributed by atoms with E-state index in [-0.39, 0.29) is 18.4 Å². The van der Waals surface area contributed by atoms with Gasteiger partial charge in [-0.1, -0.05) is 12.1 Å². The summed E-state index contributed by atoms with van der Waals surface area (Å²) in [6.45, 7) is 0.488. The third kappa shape index (κ3) is 5.08. The molecule has 8 heteroatoms. The summed E-state index contributed by atoms with van der Waals surface area (Å²) in [6, 6.07) is 12.4. The highest BCUT2D eigenvalue weighted by atomic mass is 19.2. The number of rotatable bonds is 8. The molecule has 0 saturated carbocycles. The van der Waals surface area contributed by atoms with Crippen molar-refractivity contribution in [3.8, 4) is 5.75 Å². The minimum Gasteiger partial charge on any atom is -0.494 e. The van der Waals surface area contributed by atoms with Gasteiger partial charge in [0.15, 0.2) is 11.6 Å². The lowest BCUT2D eigenvalue weighted by Crippen LogP contribution is -2.24. The Morgan fingerprint density at radius 3 is 2.84 bits per heavy atom. The first-order valence-corrected chi connectivity index (χ1v) is 10.2. The molecule has 164 valence electrons. The van der Waals surface area contributed by atoms with Crippen LogP contribution in [-0.4, -0.2) is 23.4 Å². The summed E-state index contributed by atoms with van der Waals surface area (Å²) in [4.78, 5) is 28.4. The van der Waals surface area contributed by atoms with Crippen molar-refractivity contribution in [3.63, 3.8) is 0 Å². The number of hydrogen-bond donors (Lipinski definition) is 2. The lowest BCUT2D eigenvalue weighted by Gasteiger charge is -2.11. The van der Waals surface area contributed by atoms with Gasteiger partial charge in [0.05, 0.1) is 24.3 Å². The van der Waals surface area contributed by atoms with Gasteiger partial charge >= 0.3 is 0 Å². The molecule has 0 unspecified atom stereocenters. The summed E-state index contributed by atoms with van der Waals surface area (Å²) in [6.07, 6.45) is 3.15. The van der Waals surface area contributed by atoms with Crippen LogP contribution in [0, 0.1) is 11.6 Å².